The first-order chi connectivity index (χ1) is 11.7. The molecule has 3 amide bonds. The molecule has 1 aliphatic heterocycles. The molecule has 0 bridgehead atoms. The summed E-state index contributed by atoms with van der Waals surface area (Å²) in [6.07, 6.45) is 3.29. The molecule has 3 rings (SSSR count). The minimum absolute atomic E-state index is 0.195. The van der Waals surface area contributed by atoms with Crippen LogP contribution in [0.15, 0.2) is 48.8 Å². The highest BCUT2D eigenvalue weighted by Crippen LogP contribution is 2.21. The summed E-state index contributed by atoms with van der Waals surface area (Å²) < 4.78 is 5.67. The van der Waals surface area contributed by atoms with E-state index in [4.69, 9.17) is 9.94 Å². The lowest BCUT2D eigenvalue weighted by Gasteiger charge is -2.14. The largest absolute Gasteiger partial charge is 0.457 e. The molecule has 1 aliphatic rings. The molecule has 2 aromatic rings. The van der Waals surface area contributed by atoms with Crippen LogP contribution in [0.3, 0.4) is 0 Å². The standard InChI is InChI=1S/C16H16N4O4/c21-15(19-23)14-10-20(16(22)18-14)9-11-1-3-12(4-2-11)24-13-5-7-17-8-6-13/h1-8,14,23H,9-10H2,(H,18,22)(H,19,21). The smallest absolute Gasteiger partial charge is 0.318 e. The first kappa shape index (κ1) is 15.8. The first-order valence-electron chi connectivity index (χ1n) is 7.32. The third kappa shape index (κ3) is 3.61. The van der Waals surface area contributed by atoms with E-state index in [0.29, 0.717) is 18.0 Å². The highest BCUT2D eigenvalue weighted by molar-refractivity contribution is 5.89. The monoisotopic (exact) mass is 328 g/mol. The lowest BCUT2D eigenvalue weighted by molar-refractivity contribution is -0.130. The zero-order valence-electron chi connectivity index (χ0n) is 12.7. The van der Waals surface area contributed by atoms with Crippen LogP contribution in [-0.4, -0.2) is 39.6 Å². The maximum absolute atomic E-state index is 11.8. The van der Waals surface area contributed by atoms with Gasteiger partial charge in [-0.3, -0.25) is 15.0 Å². The zero-order chi connectivity index (χ0) is 16.9. The van der Waals surface area contributed by atoms with Crippen molar-refractivity contribution in [1.82, 2.24) is 20.7 Å². The SMILES string of the molecule is O=C(NO)C1CN(Cc2ccc(Oc3ccncc3)cc2)C(=O)N1. The van der Waals surface area contributed by atoms with Crippen molar-refractivity contribution in [3.63, 3.8) is 0 Å². The summed E-state index contributed by atoms with van der Waals surface area (Å²) >= 11 is 0. The topological polar surface area (TPSA) is 104 Å². The number of ether oxygens (including phenoxy) is 1. The first-order valence-corrected chi connectivity index (χ1v) is 7.32. The van der Waals surface area contributed by atoms with Crippen LogP contribution in [0.2, 0.25) is 0 Å². The highest BCUT2D eigenvalue weighted by atomic mass is 16.5. The van der Waals surface area contributed by atoms with Gasteiger partial charge in [0, 0.05) is 18.9 Å². The molecule has 0 aliphatic carbocycles. The number of aromatic nitrogens is 1. The second-order valence-corrected chi connectivity index (χ2v) is 5.29. The molecule has 8 nitrogen and oxygen atoms in total. The summed E-state index contributed by atoms with van der Waals surface area (Å²) in [7, 11) is 0. The highest BCUT2D eigenvalue weighted by Gasteiger charge is 2.33. The van der Waals surface area contributed by atoms with Crippen molar-refractivity contribution in [2.45, 2.75) is 12.6 Å². The fourth-order valence-corrected chi connectivity index (χ4v) is 2.38. The average molecular weight is 328 g/mol. The summed E-state index contributed by atoms with van der Waals surface area (Å²) in [5.74, 6) is 0.731. The molecule has 1 saturated heterocycles. The number of carbonyl (C=O) groups excluding carboxylic acids is 2. The van der Waals surface area contributed by atoms with Crippen molar-refractivity contribution < 1.29 is 19.5 Å². The quantitative estimate of drug-likeness (QED) is 0.566. The van der Waals surface area contributed by atoms with Gasteiger partial charge in [0.15, 0.2) is 0 Å². The van der Waals surface area contributed by atoms with E-state index in [1.807, 2.05) is 24.3 Å². The number of nitrogens with zero attached hydrogens (tertiary/aromatic N) is 2. The molecule has 2 heterocycles. The van der Waals surface area contributed by atoms with Crippen LogP contribution in [-0.2, 0) is 11.3 Å². The molecule has 3 N–H and O–H groups in total. The lowest BCUT2D eigenvalue weighted by atomic mass is 10.2. The van der Waals surface area contributed by atoms with Gasteiger partial charge in [-0.25, -0.2) is 10.3 Å². The summed E-state index contributed by atoms with van der Waals surface area (Å²) in [4.78, 5) is 28.6. The van der Waals surface area contributed by atoms with Crippen LogP contribution in [0.5, 0.6) is 11.5 Å². The van der Waals surface area contributed by atoms with Gasteiger partial charge in [-0.15, -0.1) is 0 Å². The number of amides is 3. The number of hydrogen-bond donors (Lipinski definition) is 3. The number of rotatable bonds is 5. The zero-order valence-corrected chi connectivity index (χ0v) is 12.7. The number of hydrogen-bond acceptors (Lipinski definition) is 5. The number of urea groups is 1. The van der Waals surface area contributed by atoms with Crippen molar-refractivity contribution in [1.29, 1.82) is 0 Å². The van der Waals surface area contributed by atoms with Gasteiger partial charge in [-0.1, -0.05) is 12.1 Å². The van der Waals surface area contributed by atoms with E-state index >= 15 is 0 Å². The minimum atomic E-state index is -0.753. The van der Waals surface area contributed by atoms with Crippen molar-refractivity contribution in [3.8, 4) is 11.5 Å². The second kappa shape index (κ2) is 6.97. The van der Waals surface area contributed by atoms with Crippen LogP contribution in [0.25, 0.3) is 0 Å². The van der Waals surface area contributed by atoms with Crippen molar-refractivity contribution in [2.75, 3.05) is 6.54 Å². The minimum Gasteiger partial charge on any atom is -0.457 e. The van der Waals surface area contributed by atoms with Crippen LogP contribution in [0, 0.1) is 0 Å². The summed E-state index contributed by atoms with van der Waals surface area (Å²) in [5, 5.41) is 11.1. The van der Waals surface area contributed by atoms with Gasteiger partial charge in [0.25, 0.3) is 5.91 Å². The molecule has 8 heteroatoms. The molecule has 1 fully saturated rings. The molecule has 124 valence electrons. The van der Waals surface area contributed by atoms with Gasteiger partial charge in [-0.2, -0.15) is 0 Å². The Hall–Kier alpha value is -3.13. The van der Waals surface area contributed by atoms with Crippen molar-refractivity contribution >= 4 is 11.9 Å². The van der Waals surface area contributed by atoms with E-state index in [2.05, 4.69) is 10.3 Å². The lowest BCUT2D eigenvalue weighted by Crippen LogP contribution is -2.41. The third-order valence-electron chi connectivity index (χ3n) is 3.60. The molecule has 0 saturated carbocycles. The second-order valence-electron chi connectivity index (χ2n) is 5.29. The number of hydroxylamine groups is 1. The van der Waals surface area contributed by atoms with E-state index in [9.17, 15) is 9.59 Å². The third-order valence-corrected chi connectivity index (χ3v) is 3.60. The normalized spacial score (nSPS) is 16.6. The summed E-state index contributed by atoms with van der Waals surface area (Å²) in [5.41, 5.74) is 2.44. The molecule has 24 heavy (non-hydrogen) atoms. The number of benzene rings is 1. The Morgan fingerprint density at radius 1 is 1.25 bits per heavy atom. The van der Waals surface area contributed by atoms with Gasteiger partial charge < -0.3 is 15.0 Å². The fraction of sp³-hybridized carbons (Fsp3) is 0.188. The Morgan fingerprint density at radius 2 is 1.92 bits per heavy atom. The molecule has 1 aromatic carbocycles. The molecular weight excluding hydrogens is 312 g/mol. The van der Waals surface area contributed by atoms with Crippen LogP contribution in [0.1, 0.15) is 5.56 Å². The molecular formula is C16H16N4O4. The number of nitrogens with one attached hydrogen (secondary N) is 2. The Balaban J connectivity index is 1.60. The maximum atomic E-state index is 11.8. The Morgan fingerprint density at radius 3 is 2.58 bits per heavy atom. The van der Waals surface area contributed by atoms with Gasteiger partial charge >= 0.3 is 6.03 Å². The summed E-state index contributed by atoms with van der Waals surface area (Å²) in [6.45, 7) is 0.553. The van der Waals surface area contributed by atoms with Crippen molar-refractivity contribution in [3.05, 3.63) is 54.4 Å². The molecule has 0 radical (unpaired) electrons. The molecule has 0 spiro atoms. The van der Waals surface area contributed by atoms with Gasteiger partial charge in [0.05, 0.1) is 6.54 Å². The van der Waals surface area contributed by atoms with Gasteiger partial charge in [0.1, 0.15) is 17.5 Å². The van der Waals surface area contributed by atoms with Crippen LogP contribution < -0.4 is 15.5 Å². The average Bonchev–Trinajstić information content (AvgIpc) is 2.97. The van der Waals surface area contributed by atoms with E-state index in [-0.39, 0.29) is 12.6 Å². The summed E-state index contributed by atoms with van der Waals surface area (Å²) in [6, 6.07) is 9.73. The van der Waals surface area contributed by atoms with E-state index in [1.165, 1.54) is 4.90 Å². The van der Waals surface area contributed by atoms with Gasteiger partial charge in [-0.05, 0) is 29.8 Å². The Bertz CT molecular complexity index is 721. The van der Waals surface area contributed by atoms with E-state index in [1.54, 1.807) is 30.0 Å². The molecule has 1 unspecified atom stereocenters. The predicted molar refractivity (Wildman–Crippen MR) is 83.4 cm³/mol. The van der Waals surface area contributed by atoms with E-state index in [0.717, 1.165) is 5.56 Å². The van der Waals surface area contributed by atoms with E-state index < -0.39 is 11.9 Å². The Labute approximate surface area is 138 Å². The van der Waals surface area contributed by atoms with Gasteiger partial charge in [0.2, 0.25) is 0 Å². The maximum Gasteiger partial charge on any atom is 0.318 e. The van der Waals surface area contributed by atoms with Crippen LogP contribution >= 0.6 is 0 Å². The molecule has 1 aromatic heterocycles. The van der Waals surface area contributed by atoms with Crippen LogP contribution in [0.4, 0.5) is 4.79 Å². The Kier molecular flexibility index (Phi) is 4.57. The predicted octanol–water partition coefficient (Wildman–Crippen LogP) is 1.27. The number of pyridine rings is 1. The van der Waals surface area contributed by atoms with Crippen molar-refractivity contribution in [2.24, 2.45) is 0 Å². The fourth-order valence-electron chi connectivity index (χ4n) is 2.38. The number of carbonyl (C=O) groups is 2. The molecule has 1 atom stereocenters.